The topological polar surface area (TPSA) is 159 Å². The molecule has 1 saturated heterocycles. The first-order valence-electron chi connectivity index (χ1n) is 9.14. The molecule has 4 rings (SSSR count). The van der Waals surface area contributed by atoms with E-state index in [4.69, 9.17) is 18.6 Å². The Morgan fingerprint density at radius 3 is 2.66 bits per heavy atom. The van der Waals surface area contributed by atoms with Gasteiger partial charge in [0.25, 0.3) is 0 Å². The average molecular weight is 410 g/mol. The second kappa shape index (κ2) is 7.33. The van der Waals surface area contributed by atoms with Crippen molar-refractivity contribution in [1.29, 1.82) is 0 Å². The summed E-state index contributed by atoms with van der Waals surface area (Å²) in [5, 5.41) is 50.6. The highest BCUT2D eigenvalue weighted by atomic mass is 16.8. The van der Waals surface area contributed by atoms with Crippen LogP contribution in [0, 0.1) is 0 Å². The largest absolute Gasteiger partial charge is 0.484 e. The van der Waals surface area contributed by atoms with Crippen LogP contribution in [-0.2, 0) is 15.9 Å². The quantitative estimate of drug-likeness (QED) is 0.300. The van der Waals surface area contributed by atoms with E-state index in [0.717, 1.165) is 5.56 Å². The fourth-order valence-corrected chi connectivity index (χ4v) is 3.58. The third-order valence-corrected chi connectivity index (χ3v) is 5.28. The van der Waals surface area contributed by atoms with Crippen LogP contribution in [0.25, 0.3) is 11.0 Å². The minimum absolute atomic E-state index is 0.259. The van der Waals surface area contributed by atoms with Crippen LogP contribution in [0.4, 0.5) is 0 Å². The van der Waals surface area contributed by atoms with Gasteiger partial charge < -0.3 is 44.2 Å². The van der Waals surface area contributed by atoms with Crippen molar-refractivity contribution in [2.24, 2.45) is 0 Å². The first-order chi connectivity index (χ1) is 13.7. The second-order valence-electron chi connectivity index (χ2n) is 7.43. The lowest BCUT2D eigenvalue weighted by Gasteiger charge is -2.42. The Labute approximate surface area is 164 Å². The molecule has 10 nitrogen and oxygen atoms in total. The van der Waals surface area contributed by atoms with E-state index >= 15 is 0 Å². The maximum atomic E-state index is 11.4. The summed E-state index contributed by atoms with van der Waals surface area (Å²) in [5.41, 5.74) is 0.602. The lowest BCUT2D eigenvalue weighted by molar-refractivity contribution is -0.369. The molecule has 0 spiro atoms. The summed E-state index contributed by atoms with van der Waals surface area (Å²) < 4.78 is 21.7. The van der Waals surface area contributed by atoms with Crippen molar-refractivity contribution < 1.29 is 44.2 Å². The number of aliphatic hydroxyl groups is 5. The van der Waals surface area contributed by atoms with E-state index in [1.165, 1.54) is 13.0 Å². The first kappa shape index (κ1) is 20.2. The summed E-state index contributed by atoms with van der Waals surface area (Å²) in [6.45, 7) is 0.695. The third-order valence-electron chi connectivity index (χ3n) is 5.28. The molecular weight excluding hydrogens is 388 g/mol. The van der Waals surface area contributed by atoms with Gasteiger partial charge in [0.05, 0.1) is 6.61 Å². The molecule has 0 saturated carbocycles. The molecule has 0 unspecified atom stereocenters. The lowest BCUT2D eigenvalue weighted by atomic mass is 9.99. The smallest absolute Gasteiger partial charge is 0.336 e. The third kappa shape index (κ3) is 3.64. The van der Waals surface area contributed by atoms with E-state index in [1.807, 2.05) is 0 Å². The van der Waals surface area contributed by atoms with Gasteiger partial charge in [-0.2, -0.15) is 0 Å². The highest BCUT2D eigenvalue weighted by Crippen LogP contribution is 2.37. The van der Waals surface area contributed by atoms with Crippen LogP contribution in [0.1, 0.15) is 12.5 Å². The number of benzene rings is 1. The monoisotopic (exact) mass is 410 g/mol. The Hall–Kier alpha value is -2.05. The summed E-state index contributed by atoms with van der Waals surface area (Å²) in [7, 11) is 0. The van der Waals surface area contributed by atoms with Crippen molar-refractivity contribution in [2.75, 3.05) is 6.61 Å². The zero-order valence-corrected chi connectivity index (χ0v) is 15.5. The maximum Gasteiger partial charge on any atom is 0.336 e. The SMILES string of the molecule is C[C@@](O)(O[C@@H]1O[C@H](CO)[C@@H](O)[C@H](O)[C@H]1O)[C@@H]1Cc2cc3ccc(=O)oc3cc2O1. The molecule has 0 amide bonds. The van der Waals surface area contributed by atoms with Crippen LogP contribution >= 0.6 is 0 Å². The van der Waals surface area contributed by atoms with Gasteiger partial charge in [0.1, 0.15) is 35.7 Å². The number of fused-ring (bicyclic) bond motifs is 2. The normalized spacial score (nSPS) is 33.9. The van der Waals surface area contributed by atoms with Gasteiger partial charge in [0, 0.05) is 23.9 Å². The predicted molar refractivity (Wildman–Crippen MR) is 96.1 cm³/mol. The molecule has 3 heterocycles. The van der Waals surface area contributed by atoms with E-state index in [2.05, 4.69) is 0 Å². The summed E-state index contributed by atoms with van der Waals surface area (Å²) in [4.78, 5) is 11.4. The van der Waals surface area contributed by atoms with Gasteiger partial charge in [-0.25, -0.2) is 4.79 Å². The molecular formula is C19H22O10. The first-order valence-corrected chi connectivity index (χ1v) is 9.14. The lowest BCUT2D eigenvalue weighted by Crippen LogP contribution is -2.61. The molecule has 0 bridgehead atoms. The molecule has 2 aliphatic rings. The van der Waals surface area contributed by atoms with Gasteiger partial charge in [-0.05, 0) is 24.6 Å². The fourth-order valence-electron chi connectivity index (χ4n) is 3.58. The van der Waals surface area contributed by atoms with Gasteiger partial charge >= 0.3 is 5.63 Å². The van der Waals surface area contributed by atoms with Gasteiger partial charge in [-0.1, -0.05) is 0 Å². The van der Waals surface area contributed by atoms with Crippen molar-refractivity contribution in [3.8, 4) is 5.75 Å². The molecule has 5 N–H and O–H groups in total. The second-order valence-corrected chi connectivity index (χ2v) is 7.43. The van der Waals surface area contributed by atoms with Crippen molar-refractivity contribution in [3.05, 3.63) is 40.2 Å². The molecule has 1 fully saturated rings. The van der Waals surface area contributed by atoms with Crippen molar-refractivity contribution in [1.82, 2.24) is 0 Å². The number of hydrogen-bond donors (Lipinski definition) is 5. The Bertz CT molecular complexity index is 952. The molecule has 2 aliphatic heterocycles. The van der Waals surface area contributed by atoms with Crippen LogP contribution in [0.5, 0.6) is 5.75 Å². The predicted octanol–water partition coefficient (Wildman–Crippen LogP) is -1.38. The zero-order chi connectivity index (χ0) is 20.9. The minimum atomic E-state index is -1.96. The maximum absolute atomic E-state index is 11.4. The van der Waals surface area contributed by atoms with Crippen LogP contribution in [-0.4, -0.2) is 74.7 Å². The minimum Gasteiger partial charge on any atom is -0.484 e. The summed E-state index contributed by atoms with van der Waals surface area (Å²) >= 11 is 0. The Balaban J connectivity index is 1.53. The van der Waals surface area contributed by atoms with Crippen LogP contribution in [0.2, 0.25) is 0 Å². The van der Waals surface area contributed by atoms with Crippen LogP contribution < -0.4 is 10.4 Å². The zero-order valence-electron chi connectivity index (χ0n) is 15.5. The van der Waals surface area contributed by atoms with Gasteiger partial charge in [0.2, 0.25) is 5.79 Å². The highest BCUT2D eigenvalue weighted by molar-refractivity contribution is 5.79. The van der Waals surface area contributed by atoms with Gasteiger partial charge in [0.15, 0.2) is 12.4 Å². The molecule has 0 aliphatic carbocycles. The average Bonchev–Trinajstić information content (AvgIpc) is 3.10. The molecule has 2 aromatic rings. The molecule has 10 heteroatoms. The van der Waals surface area contributed by atoms with E-state index in [9.17, 15) is 30.3 Å². The number of ether oxygens (including phenoxy) is 3. The molecule has 1 aromatic heterocycles. The van der Waals surface area contributed by atoms with Crippen molar-refractivity contribution >= 4 is 11.0 Å². The van der Waals surface area contributed by atoms with Crippen LogP contribution in [0.15, 0.2) is 33.5 Å². The van der Waals surface area contributed by atoms with E-state index in [1.54, 1.807) is 18.2 Å². The van der Waals surface area contributed by atoms with Gasteiger partial charge in [-0.15, -0.1) is 0 Å². The standard InChI is InChI=1S/C19H22O10/c1-19(25,29-18-17(24)16(23)15(22)12(7-20)28-18)13-5-9-4-8-2-3-14(21)27-10(8)6-11(9)26-13/h2-4,6,12-13,15-18,20,22-25H,5,7H2,1H3/t12-,13+,15-,16+,17-,18+,19-/m1/s1. The Morgan fingerprint density at radius 2 is 1.93 bits per heavy atom. The molecule has 0 radical (unpaired) electrons. The summed E-state index contributed by atoms with van der Waals surface area (Å²) in [5.74, 6) is -1.55. The number of aliphatic hydroxyl groups excluding tert-OH is 4. The summed E-state index contributed by atoms with van der Waals surface area (Å²) in [6.07, 6.45) is -8.12. The molecule has 29 heavy (non-hydrogen) atoms. The van der Waals surface area contributed by atoms with E-state index < -0.39 is 54.8 Å². The fraction of sp³-hybridized carbons (Fsp3) is 0.526. The highest BCUT2D eigenvalue weighted by Gasteiger charge is 2.49. The van der Waals surface area contributed by atoms with Crippen molar-refractivity contribution in [2.45, 2.75) is 55.9 Å². The number of rotatable bonds is 4. The van der Waals surface area contributed by atoms with E-state index in [0.29, 0.717) is 16.7 Å². The van der Waals surface area contributed by atoms with Crippen LogP contribution in [0.3, 0.4) is 0 Å². The Morgan fingerprint density at radius 1 is 1.17 bits per heavy atom. The Kier molecular flexibility index (Phi) is 5.11. The van der Waals surface area contributed by atoms with E-state index in [-0.39, 0.29) is 6.42 Å². The van der Waals surface area contributed by atoms with Gasteiger partial charge in [-0.3, -0.25) is 0 Å². The molecule has 7 atom stereocenters. The van der Waals surface area contributed by atoms with Crippen molar-refractivity contribution in [3.63, 3.8) is 0 Å². The molecule has 158 valence electrons. The number of hydrogen-bond acceptors (Lipinski definition) is 10. The summed E-state index contributed by atoms with van der Waals surface area (Å²) in [6, 6.07) is 6.26. The molecule has 1 aromatic carbocycles.